The van der Waals surface area contributed by atoms with E-state index < -0.39 is 16.0 Å². The summed E-state index contributed by atoms with van der Waals surface area (Å²) in [6, 6.07) is 13.6. The highest BCUT2D eigenvalue weighted by Gasteiger charge is 2.32. The Kier molecular flexibility index (Phi) is 6.17. The molecule has 6 nitrogen and oxygen atoms in total. The first-order valence-corrected chi connectivity index (χ1v) is 10.7. The number of morpholine rings is 1. The Morgan fingerprint density at radius 1 is 1.11 bits per heavy atom. The summed E-state index contributed by atoms with van der Waals surface area (Å²) in [5.41, 5.74) is 2.15. The molecule has 2 atom stereocenters. The Morgan fingerprint density at radius 2 is 1.79 bits per heavy atom. The molecule has 0 spiro atoms. The van der Waals surface area contributed by atoms with E-state index in [9.17, 15) is 13.2 Å². The fraction of sp³-hybridized carbons (Fsp3) is 0.381. The molecule has 2 aromatic carbocycles. The van der Waals surface area contributed by atoms with Crippen molar-refractivity contribution in [2.24, 2.45) is 0 Å². The fourth-order valence-electron chi connectivity index (χ4n) is 3.26. The van der Waals surface area contributed by atoms with E-state index in [0.717, 1.165) is 11.1 Å². The van der Waals surface area contributed by atoms with Crippen LogP contribution in [-0.2, 0) is 26.1 Å². The molecule has 0 amide bonds. The van der Waals surface area contributed by atoms with Crippen molar-refractivity contribution in [1.82, 2.24) is 4.31 Å². The lowest BCUT2D eigenvalue weighted by molar-refractivity contribution is -0.0440. The topological polar surface area (TPSA) is 72.9 Å². The molecule has 1 aliphatic rings. The van der Waals surface area contributed by atoms with Crippen LogP contribution in [0.5, 0.6) is 0 Å². The zero-order chi connectivity index (χ0) is 20.3. The van der Waals surface area contributed by atoms with Crippen molar-refractivity contribution in [2.75, 3.05) is 13.1 Å². The molecule has 28 heavy (non-hydrogen) atoms. The third-order valence-electron chi connectivity index (χ3n) is 4.71. The molecule has 1 saturated heterocycles. The van der Waals surface area contributed by atoms with Crippen molar-refractivity contribution < 1.29 is 22.7 Å². The molecule has 0 saturated carbocycles. The Labute approximate surface area is 166 Å². The monoisotopic (exact) mass is 403 g/mol. The zero-order valence-corrected chi connectivity index (χ0v) is 17.1. The Balaban J connectivity index is 1.76. The fourth-order valence-corrected chi connectivity index (χ4v) is 4.90. The molecule has 7 heteroatoms. The molecule has 0 aliphatic carbocycles. The number of ether oxygens (including phenoxy) is 2. The van der Waals surface area contributed by atoms with Crippen molar-refractivity contribution >= 4 is 16.0 Å². The first-order valence-electron chi connectivity index (χ1n) is 9.24. The number of hydrogen-bond acceptors (Lipinski definition) is 5. The summed E-state index contributed by atoms with van der Waals surface area (Å²) in [6.07, 6.45) is -0.360. The molecule has 0 radical (unpaired) electrons. The molecule has 150 valence electrons. The first-order chi connectivity index (χ1) is 13.3. The minimum atomic E-state index is -3.71. The average Bonchev–Trinajstić information content (AvgIpc) is 2.66. The van der Waals surface area contributed by atoms with Crippen LogP contribution in [0.25, 0.3) is 0 Å². The van der Waals surface area contributed by atoms with Gasteiger partial charge in [0.15, 0.2) is 0 Å². The number of nitrogens with zero attached hydrogens (tertiary/aromatic N) is 1. The van der Waals surface area contributed by atoms with Crippen LogP contribution in [0, 0.1) is 6.92 Å². The van der Waals surface area contributed by atoms with Gasteiger partial charge in [-0.25, -0.2) is 13.2 Å². The van der Waals surface area contributed by atoms with E-state index in [4.69, 9.17) is 9.47 Å². The number of carbonyl (C=O) groups is 1. The lowest BCUT2D eigenvalue weighted by Crippen LogP contribution is -2.48. The third-order valence-corrected chi connectivity index (χ3v) is 6.54. The second-order valence-electron chi connectivity index (χ2n) is 7.11. The summed E-state index contributed by atoms with van der Waals surface area (Å²) < 4.78 is 38.4. The summed E-state index contributed by atoms with van der Waals surface area (Å²) in [5.74, 6) is -0.552. The molecular weight excluding hydrogens is 378 g/mol. The van der Waals surface area contributed by atoms with Crippen LogP contribution in [0.1, 0.15) is 35.3 Å². The van der Waals surface area contributed by atoms with E-state index in [-0.39, 0.29) is 42.4 Å². The van der Waals surface area contributed by atoms with Crippen molar-refractivity contribution in [3.63, 3.8) is 0 Å². The number of benzene rings is 2. The van der Waals surface area contributed by atoms with E-state index >= 15 is 0 Å². The lowest BCUT2D eigenvalue weighted by atomic mass is 10.1. The number of sulfonamides is 1. The van der Waals surface area contributed by atoms with Crippen LogP contribution >= 0.6 is 0 Å². The zero-order valence-electron chi connectivity index (χ0n) is 16.3. The normalized spacial score (nSPS) is 20.7. The molecule has 3 rings (SSSR count). The number of esters is 1. The van der Waals surface area contributed by atoms with Gasteiger partial charge in [-0.1, -0.05) is 30.3 Å². The highest BCUT2D eigenvalue weighted by atomic mass is 32.2. The summed E-state index contributed by atoms with van der Waals surface area (Å²) in [4.78, 5) is 12.5. The Morgan fingerprint density at radius 3 is 2.46 bits per heavy atom. The van der Waals surface area contributed by atoms with Crippen LogP contribution in [0.3, 0.4) is 0 Å². The smallest absolute Gasteiger partial charge is 0.338 e. The van der Waals surface area contributed by atoms with Gasteiger partial charge in [-0.2, -0.15) is 4.31 Å². The summed E-state index contributed by atoms with van der Waals surface area (Å²) in [6.45, 7) is 6.35. The number of carbonyl (C=O) groups excluding carboxylic acids is 1. The Hall–Kier alpha value is -2.22. The average molecular weight is 404 g/mol. The van der Waals surface area contributed by atoms with E-state index in [1.807, 2.05) is 45.0 Å². The van der Waals surface area contributed by atoms with Gasteiger partial charge in [0.2, 0.25) is 10.0 Å². The van der Waals surface area contributed by atoms with Gasteiger partial charge < -0.3 is 9.47 Å². The Bertz CT molecular complexity index is 947. The quantitative estimate of drug-likeness (QED) is 0.717. The number of hydrogen-bond donors (Lipinski definition) is 0. The maximum Gasteiger partial charge on any atom is 0.338 e. The van der Waals surface area contributed by atoms with E-state index in [1.54, 1.807) is 12.1 Å². The minimum absolute atomic E-state index is 0.0825. The van der Waals surface area contributed by atoms with E-state index in [2.05, 4.69) is 0 Å². The number of aryl methyl sites for hydroxylation is 1. The predicted octanol–water partition coefficient (Wildman–Crippen LogP) is 3.15. The summed E-state index contributed by atoms with van der Waals surface area (Å²) >= 11 is 0. The van der Waals surface area contributed by atoms with Crippen LogP contribution in [0.2, 0.25) is 0 Å². The lowest BCUT2D eigenvalue weighted by Gasteiger charge is -2.34. The van der Waals surface area contributed by atoms with Gasteiger partial charge in [-0.05, 0) is 50.1 Å². The van der Waals surface area contributed by atoms with Gasteiger partial charge in [-0.3, -0.25) is 0 Å². The maximum absolute atomic E-state index is 13.0. The summed E-state index contributed by atoms with van der Waals surface area (Å²) in [7, 11) is -3.71. The van der Waals surface area contributed by atoms with Crippen LogP contribution in [-0.4, -0.2) is 44.0 Å². The van der Waals surface area contributed by atoms with Gasteiger partial charge in [0.05, 0.1) is 22.7 Å². The van der Waals surface area contributed by atoms with Crippen molar-refractivity contribution in [2.45, 2.75) is 44.5 Å². The molecule has 0 bridgehead atoms. The second kappa shape index (κ2) is 8.43. The van der Waals surface area contributed by atoms with Crippen molar-refractivity contribution in [3.05, 3.63) is 65.2 Å². The van der Waals surface area contributed by atoms with E-state index in [0.29, 0.717) is 0 Å². The van der Waals surface area contributed by atoms with Gasteiger partial charge in [-0.15, -0.1) is 0 Å². The van der Waals surface area contributed by atoms with Crippen LogP contribution < -0.4 is 0 Å². The highest BCUT2D eigenvalue weighted by molar-refractivity contribution is 7.89. The highest BCUT2D eigenvalue weighted by Crippen LogP contribution is 2.22. The number of rotatable bonds is 5. The maximum atomic E-state index is 13.0. The third kappa shape index (κ3) is 4.60. The molecular formula is C21H25NO5S. The SMILES string of the molecule is Cc1ccccc1COC(=O)c1cccc(S(=O)(=O)N2CC(C)OC(C)C2)c1. The van der Waals surface area contributed by atoms with E-state index in [1.165, 1.54) is 16.4 Å². The minimum Gasteiger partial charge on any atom is -0.457 e. The van der Waals surface area contributed by atoms with Gasteiger partial charge in [0.1, 0.15) is 6.61 Å². The molecule has 2 aromatic rings. The molecule has 0 aromatic heterocycles. The van der Waals surface area contributed by atoms with Crippen LogP contribution in [0.4, 0.5) is 0 Å². The molecule has 0 N–H and O–H groups in total. The first kappa shape index (κ1) is 20.5. The van der Waals surface area contributed by atoms with Gasteiger partial charge in [0, 0.05) is 13.1 Å². The molecule has 2 unspecified atom stereocenters. The van der Waals surface area contributed by atoms with Gasteiger partial charge >= 0.3 is 5.97 Å². The second-order valence-corrected chi connectivity index (χ2v) is 9.05. The predicted molar refractivity (Wildman–Crippen MR) is 106 cm³/mol. The van der Waals surface area contributed by atoms with Crippen molar-refractivity contribution in [3.8, 4) is 0 Å². The van der Waals surface area contributed by atoms with Crippen LogP contribution in [0.15, 0.2) is 53.4 Å². The summed E-state index contributed by atoms with van der Waals surface area (Å²) in [5, 5.41) is 0. The molecule has 1 aliphatic heterocycles. The molecule has 1 heterocycles. The molecule has 1 fully saturated rings. The largest absolute Gasteiger partial charge is 0.457 e. The van der Waals surface area contributed by atoms with Crippen molar-refractivity contribution in [1.29, 1.82) is 0 Å². The van der Waals surface area contributed by atoms with Gasteiger partial charge in [0.25, 0.3) is 0 Å². The standard InChI is InChI=1S/C21H25NO5S/c1-15-7-4-5-8-19(15)14-26-21(23)18-9-6-10-20(11-18)28(24,25)22-12-16(2)27-17(3)13-22/h4-11,16-17H,12-14H2,1-3H3.